The van der Waals surface area contributed by atoms with Gasteiger partial charge >= 0.3 is 6.18 Å². The zero-order valence-electron chi connectivity index (χ0n) is 10.7. The van der Waals surface area contributed by atoms with E-state index in [1.54, 1.807) is 24.3 Å². The number of aliphatic hydroxyl groups excluding tert-OH is 1. The standard InChI is InChI=1S/C15H11BrClF3O/c16-11-4-5-12(13(17)8-11)14(21)7-9-2-1-3-10(6-9)15(18,19)20/h1-6,8,14,21H,7H2. The first kappa shape index (κ1) is 16.3. The van der Waals surface area contributed by atoms with Crippen LogP contribution < -0.4 is 0 Å². The van der Waals surface area contributed by atoms with Gasteiger partial charge in [0.2, 0.25) is 0 Å². The average molecular weight is 380 g/mol. The van der Waals surface area contributed by atoms with E-state index >= 15 is 0 Å². The Bertz CT molecular complexity index is 643. The lowest BCUT2D eigenvalue weighted by atomic mass is 10.00. The number of rotatable bonds is 3. The van der Waals surface area contributed by atoms with Crippen LogP contribution in [0, 0.1) is 0 Å². The second-order valence-electron chi connectivity index (χ2n) is 4.58. The van der Waals surface area contributed by atoms with Crippen molar-refractivity contribution in [2.24, 2.45) is 0 Å². The molecule has 0 saturated carbocycles. The lowest BCUT2D eigenvalue weighted by Gasteiger charge is -2.14. The van der Waals surface area contributed by atoms with E-state index in [2.05, 4.69) is 15.9 Å². The zero-order chi connectivity index (χ0) is 15.6. The molecule has 0 amide bonds. The third-order valence-corrected chi connectivity index (χ3v) is 3.83. The first-order valence-corrected chi connectivity index (χ1v) is 7.23. The molecule has 1 N–H and O–H groups in total. The number of benzene rings is 2. The Morgan fingerprint density at radius 3 is 2.48 bits per heavy atom. The van der Waals surface area contributed by atoms with Crippen molar-refractivity contribution >= 4 is 27.5 Å². The van der Waals surface area contributed by atoms with E-state index in [4.69, 9.17) is 11.6 Å². The molecule has 0 heterocycles. The van der Waals surface area contributed by atoms with Gasteiger partial charge in [0.15, 0.2) is 0 Å². The molecule has 1 nitrogen and oxygen atoms in total. The third kappa shape index (κ3) is 4.22. The van der Waals surface area contributed by atoms with Gasteiger partial charge < -0.3 is 5.11 Å². The predicted molar refractivity (Wildman–Crippen MR) is 79.3 cm³/mol. The van der Waals surface area contributed by atoms with Crippen LogP contribution in [0.3, 0.4) is 0 Å². The van der Waals surface area contributed by atoms with Crippen molar-refractivity contribution in [3.8, 4) is 0 Å². The Hall–Kier alpha value is -1.04. The number of hydrogen-bond acceptors (Lipinski definition) is 1. The maximum Gasteiger partial charge on any atom is 0.416 e. The van der Waals surface area contributed by atoms with Crippen LogP contribution in [0.2, 0.25) is 5.02 Å². The molecule has 0 bridgehead atoms. The van der Waals surface area contributed by atoms with Crippen LogP contribution in [-0.2, 0) is 12.6 Å². The van der Waals surface area contributed by atoms with Crippen LogP contribution in [0.15, 0.2) is 46.9 Å². The summed E-state index contributed by atoms with van der Waals surface area (Å²) in [5.41, 5.74) is 0.155. The van der Waals surface area contributed by atoms with Crippen LogP contribution >= 0.6 is 27.5 Å². The molecule has 0 aliphatic rings. The molecule has 6 heteroatoms. The summed E-state index contributed by atoms with van der Waals surface area (Å²) in [5, 5.41) is 10.5. The van der Waals surface area contributed by atoms with E-state index in [-0.39, 0.29) is 6.42 Å². The molecule has 1 unspecified atom stereocenters. The Morgan fingerprint density at radius 1 is 1.14 bits per heavy atom. The van der Waals surface area contributed by atoms with Gasteiger partial charge in [-0.15, -0.1) is 0 Å². The van der Waals surface area contributed by atoms with E-state index < -0.39 is 17.8 Å². The highest BCUT2D eigenvalue weighted by atomic mass is 79.9. The van der Waals surface area contributed by atoms with Crippen molar-refractivity contribution in [1.82, 2.24) is 0 Å². The van der Waals surface area contributed by atoms with Crippen LogP contribution in [-0.4, -0.2) is 5.11 Å². The number of aliphatic hydroxyl groups is 1. The number of halogens is 5. The molecule has 0 aliphatic carbocycles. The fraction of sp³-hybridized carbons (Fsp3) is 0.200. The summed E-state index contributed by atoms with van der Waals surface area (Å²) < 4.78 is 38.7. The minimum atomic E-state index is -4.39. The second kappa shape index (κ2) is 6.38. The largest absolute Gasteiger partial charge is 0.416 e. The Balaban J connectivity index is 2.21. The lowest BCUT2D eigenvalue weighted by Crippen LogP contribution is -2.07. The molecule has 2 aromatic carbocycles. The molecule has 2 rings (SSSR count). The Kier molecular flexibility index (Phi) is 4.96. The van der Waals surface area contributed by atoms with E-state index in [0.717, 1.165) is 16.6 Å². The lowest BCUT2D eigenvalue weighted by molar-refractivity contribution is -0.137. The smallest absolute Gasteiger partial charge is 0.388 e. The van der Waals surface area contributed by atoms with Gasteiger partial charge in [0.25, 0.3) is 0 Å². The van der Waals surface area contributed by atoms with Gasteiger partial charge in [-0.2, -0.15) is 13.2 Å². The molecule has 1 atom stereocenters. The fourth-order valence-corrected chi connectivity index (χ4v) is 2.78. The second-order valence-corrected chi connectivity index (χ2v) is 5.91. The molecular weight excluding hydrogens is 369 g/mol. The molecule has 0 spiro atoms. The minimum Gasteiger partial charge on any atom is -0.388 e. The van der Waals surface area contributed by atoms with Crippen LogP contribution in [0.4, 0.5) is 13.2 Å². The first-order chi connectivity index (χ1) is 9.77. The van der Waals surface area contributed by atoms with Crippen molar-refractivity contribution in [1.29, 1.82) is 0 Å². The quantitative estimate of drug-likeness (QED) is 0.757. The highest BCUT2D eigenvalue weighted by Gasteiger charge is 2.30. The predicted octanol–water partition coefficient (Wildman–Crippen LogP) is 5.40. The molecule has 0 radical (unpaired) electrons. The van der Waals surface area contributed by atoms with E-state index in [0.29, 0.717) is 16.1 Å². The summed E-state index contributed by atoms with van der Waals surface area (Å²) in [6, 6.07) is 9.91. The van der Waals surface area contributed by atoms with Crippen molar-refractivity contribution in [3.05, 3.63) is 68.7 Å². The molecule has 0 fully saturated rings. The minimum absolute atomic E-state index is 0.0608. The zero-order valence-corrected chi connectivity index (χ0v) is 13.0. The summed E-state index contributed by atoms with van der Waals surface area (Å²) in [7, 11) is 0. The Morgan fingerprint density at radius 2 is 1.86 bits per heavy atom. The fourth-order valence-electron chi connectivity index (χ4n) is 1.98. The van der Waals surface area contributed by atoms with Gasteiger partial charge in [0, 0.05) is 15.9 Å². The molecule has 0 aromatic heterocycles. The highest BCUT2D eigenvalue weighted by Crippen LogP contribution is 2.32. The number of alkyl halides is 3. The average Bonchev–Trinajstić information content (AvgIpc) is 2.37. The first-order valence-electron chi connectivity index (χ1n) is 6.06. The maximum atomic E-state index is 12.6. The van der Waals surface area contributed by atoms with Crippen molar-refractivity contribution in [2.45, 2.75) is 18.7 Å². The molecule has 21 heavy (non-hydrogen) atoms. The molecule has 2 aromatic rings. The topological polar surface area (TPSA) is 20.2 Å². The number of hydrogen-bond donors (Lipinski definition) is 1. The van der Waals surface area contributed by atoms with Crippen molar-refractivity contribution < 1.29 is 18.3 Å². The molecular formula is C15H11BrClF3O. The van der Waals surface area contributed by atoms with Gasteiger partial charge in [0.05, 0.1) is 11.7 Å². The Labute approximate surface area is 133 Å². The van der Waals surface area contributed by atoms with Gasteiger partial charge in [-0.05, 0) is 29.3 Å². The monoisotopic (exact) mass is 378 g/mol. The molecule has 0 saturated heterocycles. The highest BCUT2D eigenvalue weighted by molar-refractivity contribution is 9.10. The summed E-state index contributed by atoms with van der Waals surface area (Å²) >= 11 is 9.28. The molecule has 0 aliphatic heterocycles. The van der Waals surface area contributed by atoms with Gasteiger partial charge in [-0.25, -0.2) is 0 Å². The maximum absolute atomic E-state index is 12.6. The summed E-state index contributed by atoms with van der Waals surface area (Å²) in [6.07, 6.45) is -5.30. The molecule has 112 valence electrons. The van der Waals surface area contributed by atoms with E-state index in [1.807, 2.05) is 0 Å². The summed E-state index contributed by atoms with van der Waals surface area (Å²) in [5.74, 6) is 0. The van der Waals surface area contributed by atoms with Crippen LogP contribution in [0.25, 0.3) is 0 Å². The summed E-state index contributed by atoms with van der Waals surface area (Å²) in [6.45, 7) is 0. The van der Waals surface area contributed by atoms with Gasteiger partial charge in [-0.3, -0.25) is 0 Å². The third-order valence-electron chi connectivity index (χ3n) is 3.00. The van der Waals surface area contributed by atoms with Gasteiger partial charge in [-0.1, -0.05) is 51.8 Å². The summed E-state index contributed by atoms with van der Waals surface area (Å²) in [4.78, 5) is 0. The van der Waals surface area contributed by atoms with Crippen molar-refractivity contribution in [3.63, 3.8) is 0 Å². The van der Waals surface area contributed by atoms with Crippen molar-refractivity contribution in [2.75, 3.05) is 0 Å². The normalized spacial score (nSPS) is 13.2. The SMILES string of the molecule is OC(Cc1cccc(C(F)(F)F)c1)c1ccc(Br)cc1Cl. The van der Waals surface area contributed by atoms with E-state index in [9.17, 15) is 18.3 Å². The van der Waals surface area contributed by atoms with E-state index in [1.165, 1.54) is 6.07 Å². The van der Waals surface area contributed by atoms with Gasteiger partial charge in [0.1, 0.15) is 0 Å². The van der Waals surface area contributed by atoms with Crippen LogP contribution in [0.1, 0.15) is 22.8 Å². The van der Waals surface area contributed by atoms with Crippen LogP contribution in [0.5, 0.6) is 0 Å².